The molecule has 0 aliphatic carbocycles. The van der Waals surface area contributed by atoms with Gasteiger partial charge in [-0.15, -0.1) is 0 Å². The average molecular weight is 285 g/mol. The molecule has 106 valence electrons. The van der Waals surface area contributed by atoms with Gasteiger partial charge in [0.25, 0.3) is 0 Å². The van der Waals surface area contributed by atoms with Gasteiger partial charge in [-0.1, -0.05) is 31.9 Å². The minimum Gasteiger partial charge on any atom is -0.490 e. The zero-order valence-corrected chi connectivity index (χ0v) is 12.2. The first-order chi connectivity index (χ1) is 9.11. The van der Waals surface area contributed by atoms with Crippen molar-refractivity contribution in [1.82, 2.24) is 0 Å². The van der Waals surface area contributed by atoms with Crippen LogP contribution in [0.5, 0.6) is 11.5 Å². The van der Waals surface area contributed by atoms with Crippen molar-refractivity contribution >= 4 is 11.6 Å². The molecule has 2 unspecified atom stereocenters. The molecule has 1 aliphatic heterocycles. The van der Waals surface area contributed by atoms with Crippen LogP contribution in [0.3, 0.4) is 0 Å². The highest BCUT2D eigenvalue weighted by Crippen LogP contribution is 2.38. The van der Waals surface area contributed by atoms with Crippen molar-refractivity contribution in [2.75, 3.05) is 13.2 Å². The lowest BCUT2D eigenvalue weighted by atomic mass is 9.96. The maximum absolute atomic E-state index is 10.3. The van der Waals surface area contributed by atoms with Crippen LogP contribution >= 0.6 is 11.6 Å². The van der Waals surface area contributed by atoms with Gasteiger partial charge in [0.15, 0.2) is 11.5 Å². The SMILES string of the molecule is CCC(C)CC(O)c1cc2c(cc1Cl)OCCCO2. The average Bonchev–Trinajstić information content (AvgIpc) is 2.62. The molecule has 0 saturated carbocycles. The topological polar surface area (TPSA) is 38.7 Å². The maximum Gasteiger partial charge on any atom is 0.162 e. The first-order valence-electron chi connectivity index (χ1n) is 6.89. The molecular weight excluding hydrogens is 264 g/mol. The molecule has 1 heterocycles. The van der Waals surface area contributed by atoms with E-state index in [1.807, 2.05) is 6.07 Å². The number of halogens is 1. The molecule has 19 heavy (non-hydrogen) atoms. The van der Waals surface area contributed by atoms with Crippen LogP contribution in [0.4, 0.5) is 0 Å². The molecular formula is C15H21ClO3. The van der Waals surface area contributed by atoms with E-state index in [2.05, 4.69) is 13.8 Å². The highest BCUT2D eigenvalue weighted by atomic mass is 35.5. The van der Waals surface area contributed by atoms with E-state index in [0.717, 1.165) is 18.4 Å². The van der Waals surface area contributed by atoms with E-state index in [0.29, 0.717) is 42.1 Å². The summed E-state index contributed by atoms with van der Waals surface area (Å²) in [7, 11) is 0. The van der Waals surface area contributed by atoms with Gasteiger partial charge >= 0.3 is 0 Å². The molecule has 2 rings (SSSR count). The quantitative estimate of drug-likeness (QED) is 0.909. The number of fused-ring (bicyclic) bond motifs is 1. The van der Waals surface area contributed by atoms with E-state index in [1.165, 1.54) is 0 Å². The Bertz CT molecular complexity index is 434. The van der Waals surface area contributed by atoms with Crippen molar-refractivity contribution in [1.29, 1.82) is 0 Å². The van der Waals surface area contributed by atoms with Crippen LogP contribution in [-0.2, 0) is 0 Å². The molecule has 0 aromatic heterocycles. The lowest BCUT2D eigenvalue weighted by Gasteiger charge is -2.18. The summed E-state index contributed by atoms with van der Waals surface area (Å²) < 4.78 is 11.2. The zero-order valence-electron chi connectivity index (χ0n) is 11.5. The Morgan fingerprint density at radius 1 is 1.26 bits per heavy atom. The summed E-state index contributed by atoms with van der Waals surface area (Å²) in [6.07, 6.45) is 2.05. The van der Waals surface area contributed by atoms with Crippen LogP contribution in [0, 0.1) is 5.92 Å². The van der Waals surface area contributed by atoms with Crippen molar-refractivity contribution in [3.8, 4) is 11.5 Å². The highest BCUT2D eigenvalue weighted by Gasteiger charge is 2.19. The zero-order chi connectivity index (χ0) is 13.8. The van der Waals surface area contributed by atoms with E-state index in [9.17, 15) is 5.11 Å². The van der Waals surface area contributed by atoms with E-state index < -0.39 is 6.10 Å². The molecule has 0 radical (unpaired) electrons. The molecule has 1 N–H and O–H groups in total. The summed E-state index contributed by atoms with van der Waals surface area (Å²) in [5, 5.41) is 10.8. The molecule has 2 atom stereocenters. The van der Waals surface area contributed by atoms with Gasteiger partial charge in [-0.25, -0.2) is 0 Å². The largest absolute Gasteiger partial charge is 0.490 e. The van der Waals surface area contributed by atoms with Gasteiger partial charge in [0.05, 0.1) is 24.3 Å². The van der Waals surface area contributed by atoms with Crippen LogP contribution in [0.25, 0.3) is 0 Å². The molecule has 0 saturated heterocycles. The monoisotopic (exact) mass is 284 g/mol. The van der Waals surface area contributed by atoms with Crippen LogP contribution in [-0.4, -0.2) is 18.3 Å². The first-order valence-corrected chi connectivity index (χ1v) is 7.26. The number of benzene rings is 1. The van der Waals surface area contributed by atoms with Crippen LogP contribution in [0.2, 0.25) is 5.02 Å². The first kappa shape index (κ1) is 14.5. The van der Waals surface area contributed by atoms with E-state index in [1.54, 1.807) is 6.07 Å². The normalized spacial score (nSPS) is 17.7. The summed E-state index contributed by atoms with van der Waals surface area (Å²) in [5.74, 6) is 1.81. The number of hydrogen-bond donors (Lipinski definition) is 1. The number of rotatable bonds is 4. The molecule has 0 spiro atoms. The van der Waals surface area contributed by atoms with E-state index in [4.69, 9.17) is 21.1 Å². The van der Waals surface area contributed by atoms with Crippen molar-refractivity contribution < 1.29 is 14.6 Å². The maximum atomic E-state index is 10.3. The summed E-state index contributed by atoms with van der Waals surface area (Å²) >= 11 is 6.24. The summed E-state index contributed by atoms with van der Waals surface area (Å²) in [5.41, 5.74) is 0.728. The predicted molar refractivity (Wildman–Crippen MR) is 76.1 cm³/mol. The van der Waals surface area contributed by atoms with Gasteiger partial charge in [-0.2, -0.15) is 0 Å². The Morgan fingerprint density at radius 3 is 2.53 bits per heavy atom. The third kappa shape index (κ3) is 3.54. The predicted octanol–water partition coefficient (Wildman–Crippen LogP) is 3.97. The van der Waals surface area contributed by atoms with Gasteiger partial charge in [0.1, 0.15) is 0 Å². The molecule has 4 heteroatoms. The van der Waals surface area contributed by atoms with Crippen LogP contribution in [0.1, 0.15) is 44.8 Å². The lowest BCUT2D eigenvalue weighted by molar-refractivity contribution is 0.146. The van der Waals surface area contributed by atoms with Gasteiger partial charge in [0.2, 0.25) is 0 Å². The molecule has 1 aliphatic rings. The van der Waals surface area contributed by atoms with Crippen molar-refractivity contribution in [2.24, 2.45) is 5.92 Å². The minimum absolute atomic E-state index is 0.460. The fourth-order valence-corrected chi connectivity index (χ4v) is 2.41. The molecule has 1 aromatic carbocycles. The Balaban J connectivity index is 2.23. The fourth-order valence-electron chi connectivity index (χ4n) is 2.13. The minimum atomic E-state index is -0.556. The fraction of sp³-hybridized carbons (Fsp3) is 0.600. The third-order valence-corrected chi connectivity index (χ3v) is 3.88. The Morgan fingerprint density at radius 2 is 1.89 bits per heavy atom. The second-order valence-electron chi connectivity index (χ2n) is 5.14. The lowest BCUT2D eigenvalue weighted by Crippen LogP contribution is -2.05. The molecule has 0 bridgehead atoms. The summed E-state index contributed by atoms with van der Waals surface area (Å²) in [6, 6.07) is 3.56. The summed E-state index contributed by atoms with van der Waals surface area (Å²) in [6.45, 7) is 5.51. The number of hydrogen-bond acceptors (Lipinski definition) is 3. The molecule has 0 amide bonds. The van der Waals surface area contributed by atoms with Crippen LogP contribution < -0.4 is 9.47 Å². The Kier molecular flexibility index (Phi) is 4.94. The Labute approximate surface area is 119 Å². The highest BCUT2D eigenvalue weighted by molar-refractivity contribution is 6.31. The standard InChI is InChI=1S/C15H21ClO3/c1-3-10(2)7-13(17)11-8-14-15(9-12(11)16)19-6-4-5-18-14/h8-10,13,17H,3-7H2,1-2H3. The molecule has 3 nitrogen and oxygen atoms in total. The van der Waals surface area contributed by atoms with Gasteiger partial charge < -0.3 is 14.6 Å². The molecule has 1 aromatic rings. The summed E-state index contributed by atoms with van der Waals surface area (Å²) in [4.78, 5) is 0. The van der Waals surface area contributed by atoms with Gasteiger partial charge in [0, 0.05) is 18.1 Å². The third-order valence-electron chi connectivity index (χ3n) is 3.55. The van der Waals surface area contributed by atoms with E-state index in [-0.39, 0.29) is 0 Å². The molecule has 0 fully saturated rings. The number of aliphatic hydroxyl groups is 1. The Hall–Kier alpha value is -0.930. The van der Waals surface area contributed by atoms with Crippen molar-refractivity contribution in [3.63, 3.8) is 0 Å². The van der Waals surface area contributed by atoms with Gasteiger partial charge in [-0.05, 0) is 18.4 Å². The second-order valence-corrected chi connectivity index (χ2v) is 5.54. The van der Waals surface area contributed by atoms with Crippen LogP contribution in [0.15, 0.2) is 12.1 Å². The number of ether oxygens (including phenoxy) is 2. The van der Waals surface area contributed by atoms with E-state index >= 15 is 0 Å². The number of aliphatic hydroxyl groups excluding tert-OH is 1. The smallest absolute Gasteiger partial charge is 0.162 e. The second kappa shape index (κ2) is 6.49. The van der Waals surface area contributed by atoms with Crippen molar-refractivity contribution in [3.05, 3.63) is 22.7 Å². The van der Waals surface area contributed by atoms with Crippen molar-refractivity contribution in [2.45, 2.75) is 39.2 Å². The van der Waals surface area contributed by atoms with Gasteiger partial charge in [-0.3, -0.25) is 0 Å².